The molecule has 4 heteroatoms. The predicted molar refractivity (Wildman–Crippen MR) is 67.1 cm³/mol. The van der Waals surface area contributed by atoms with E-state index in [1.54, 1.807) is 11.3 Å². The molecule has 1 N–H and O–H groups in total. The smallest absolute Gasteiger partial charge is 0.148 e. The van der Waals surface area contributed by atoms with E-state index in [1.807, 2.05) is 30.3 Å². The van der Waals surface area contributed by atoms with E-state index in [9.17, 15) is 0 Å². The van der Waals surface area contributed by atoms with Crippen LogP contribution in [0.25, 0.3) is 21.7 Å². The van der Waals surface area contributed by atoms with Crippen LogP contribution in [0.15, 0.2) is 40.2 Å². The van der Waals surface area contributed by atoms with E-state index >= 15 is 0 Å². The van der Waals surface area contributed by atoms with Gasteiger partial charge >= 0.3 is 0 Å². The molecule has 0 fully saturated rings. The predicted octanol–water partition coefficient (Wildman–Crippen LogP) is 4.05. The SMILES string of the molecule is Brc1ccc(-c2nc3ccccc3[nH]2)s1. The second-order valence-corrected chi connectivity index (χ2v) is 5.67. The third kappa shape index (κ3) is 1.60. The average molecular weight is 279 g/mol. The van der Waals surface area contributed by atoms with E-state index in [4.69, 9.17) is 0 Å². The first-order valence-electron chi connectivity index (χ1n) is 4.53. The molecule has 0 saturated carbocycles. The van der Waals surface area contributed by atoms with Gasteiger partial charge in [-0.25, -0.2) is 4.98 Å². The highest BCUT2D eigenvalue weighted by molar-refractivity contribution is 9.11. The van der Waals surface area contributed by atoms with Gasteiger partial charge in [-0.15, -0.1) is 11.3 Å². The van der Waals surface area contributed by atoms with Gasteiger partial charge in [0.25, 0.3) is 0 Å². The molecule has 2 aromatic heterocycles. The highest BCUT2D eigenvalue weighted by Crippen LogP contribution is 2.30. The van der Waals surface area contributed by atoms with Crippen molar-refractivity contribution >= 4 is 38.3 Å². The Morgan fingerprint density at radius 1 is 1.13 bits per heavy atom. The maximum atomic E-state index is 4.53. The van der Waals surface area contributed by atoms with Gasteiger partial charge in [-0.1, -0.05) is 12.1 Å². The molecule has 0 bridgehead atoms. The lowest BCUT2D eigenvalue weighted by molar-refractivity contribution is 1.36. The van der Waals surface area contributed by atoms with Crippen LogP contribution < -0.4 is 0 Å². The summed E-state index contributed by atoms with van der Waals surface area (Å²) in [6, 6.07) is 12.2. The molecule has 0 aliphatic heterocycles. The van der Waals surface area contributed by atoms with Gasteiger partial charge in [0.05, 0.1) is 19.7 Å². The fourth-order valence-corrected chi connectivity index (χ4v) is 2.84. The van der Waals surface area contributed by atoms with Gasteiger partial charge in [0.2, 0.25) is 0 Å². The number of aromatic nitrogens is 2. The first-order valence-corrected chi connectivity index (χ1v) is 6.14. The van der Waals surface area contributed by atoms with Crippen molar-refractivity contribution in [2.45, 2.75) is 0 Å². The summed E-state index contributed by atoms with van der Waals surface area (Å²) in [5.74, 6) is 0.937. The fraction of sp³-hybridized carbons (Fsp3) is 0. The maximum absolute atomic E-state index is 4.53. The molecule has 2 heterocycles. The molecule has 2 nitrogen and oxygen atoms in total. The van der Waals surface area contributed by atoms with E-state index in [2.05, 4.69) is 32.0 Å². The Morgan fingerprint density at radius 2 is 2.00 bits per heavy atom. The molecule has 0 amide bonds. The van der Waals surface area contributed by atoms with Crippen LogP contribution >= 0.6 is 27.3 Å². The minimum Gasteiger partial charge on any atom is -0.337 e. The maximum Gasteiger partial charge on any atom is 0.148 e. The average Bonchev–Trinajstić information content (AvgIpc) is 2.82. The monoisotopic (exact) mass is 278 g/mol. The summed E-state index contributed by atoms with van der Waals surface area (Å²) in [5.41, 5.74) is 2.09. The Labute approximate surface area is 99.1 Å². The van der Waals surface area contributed by atoms with Gasteiger partial charge in [0.1, 0.15) is 5.82 Å². The van der Waals surface area contributed by atoms with Crippen molar-refractivity contribution < 1.29 is 0 Å². The zero-order valence-electron chi connectivity index (χ0n) is 7.70. The molecule has 3 aromatic rings. The van der Waals surface area contributed by atoms with Gasteiger partial charge in [-0.2, -0.15) is 0 Å². The van der Waals surface area contributed by atoms with Crippen molar-refractivity contribution in [3.05, 3.63) is 40.2 Å². The molecule has 15 heavy (non-hydrogen) atoms. The molecule has 74 valence electrons. The van der Waals surface area contributed by atoms with Crippen molar-refractivity contribution in [2.75, 3.05) is 0 Å². The number of imidazole rings is 1. The van der Waals surface area contributed by atoms with Crippen LogP contribution in [0, 0.1) is 0 Å². The Hall–Kier alpha value is -1.13. The first-order chi connectivity index (χ1) is 7.33. The Balaban J connectivity index is 2.19. The number of para-hydroxylation sites is 2. The van der Waals surface area contributed by atoms with Crippen LogP contribution in [0.5, 0.6) is 0 Å². The summed E-state index contributed by atoms with van der Waals surface area (Å²) >= 11 is 5.13. The fourth-order valence-electron chi connectivity index (χ4n) is 1.51. The van der Waals surface area contributed by atoms with Crippen LogP contribution in [0.3, 0.4) is 0 Å². The van der Waals surface area contributed by atoms with Crippen molar-refractivity contribution in [1.82, 2.24) is 9.97 Å². The van der Waals surface area contributed by atoms with Gasteiger partial charge in [-0.3, -0.25) is 0 Å². The molecule has 0 aliphatic rings. The zero-order chi connectivity index (χ0) is 10.3. The quantitative estimate of drug-likeness (QED) is 0.715. The topological polar surface area (TPSA) is 28.7 Å². The van der Waals surface area contributed by atoms with Gasteiger partial charge in [-0.05, 0) is 40.2 Å². The molecule has 0 radical (unpaired) electrons. The van der Waals surface area contributed by atoms with Crippen molar-refractivity contribution in [1.29, 1.82) is 0 Å². The summed E-state index contributed by atoms with van der Waals surface area (Å²) in [5, 5.41) is 0. The number of hydrogen-bond acceptors (Lipinski definition) is 2. The van der Waals surface area contributed by atoms with Crippen LogP contribution in [0.1, 0.15) is 0 Å². The number of aromatic amines is 1. The van der Waals surface area contributed by atoms with Crippen molar-refractivity contribution in [2.24, 2.45) is 0 Å². The largest absolute Gasteiger partial charge is 0.337 e. The summed E-state index contributed by atoms with van der Waals surface area (Å²) in [6.45, 7) is 0. The summed E-state index contributed by atoms with van der Waals surface area (Å²) in [4.78, 5) is 8.98. The molecule has 0 unspecified atom stereocenters. The van der Waals surface area contributed by atoms with Gasteiger partial charge < -0.3 is 4.98 Å². The lowest BCUT2D eigenvalue weighted by atomic mass is 10.3. The summed E-state index contributed by atoms with van der Waals surface area (Å²) in [7, 11) is 0. The molecule has 0 spiro atoms. The second kappa shape index (κ2) is 3.47. The lowest BCUT2D eigenvalue weighted by Gasteiger charge is -1.86. The van der Waals surface area contributed by atoms with Crippen LogP contribution in [-0.4, -0.2) is 9.97 Å². The lowest BCUT2D eigenvalue weighted by Crippen LogP contribution is -1.72. The van der Waals surface area contributed by atoms with Crippen molar-refractivity contribution in [3.63, 3.8) is 0 Å². The number of H-pyrrole nitrogens is 1. The highest BCUT2D eigenvalue weighted by Gasteiger charge is 2.06. The minimum absolute atomic E-state index is 0.937. The van der Waals surface area contributed by atoms with Gasteiger partial charge in [0.15, 0.2) is 0 Å². The Kier molecular flexibility index (Phi) is 2.11. The van der Waals surface area contributed by atoms with E-state index in [-0.39, 0.29) is 0 Å². The molecule has 0 aliphatic carbocycles. The molecule has 0 saturated heterocycles. The van der Waals surface area contributed by atoms with Gasteiger partial charge in [0, 0.05) is 0 Å². The van der Waals surface area contributed by atoms with E-state index in [0.29, 0.717) is 0 Å². The number of fused-ring (bicyclic) bond motifs is 1. The summed E-state index contributed by atoms with van der Waals surface area (Å²) in [6.07, 6.45) is 0. The normalized spacial score (nSPS) is 11.0. The van der Waals surface area contributed by atoms with E-state index in [0.717, 1.165) is 25.5 Å². The molecular formula is C11H7BrN2S. The standard InChI is InChI=1S/C11H7BrN2S/c12-10-6-5-9(15-10)11-13-7-3-1-2-4-8(7)14-11/h1-6H,(H,13,14). The van der Waals surface area contributed by atoms with E-state index in [1.165, 1.54) is 0 Å². The van der Waals surface area contributed by atoms with Crippen molar-refractivity contribution in [3.8, 4) is 10.7 Å². The molecule has 3 rings (SSSR count). The number of rotatable bonds is 1. The number of hydrogen-bond donors (Lipinski definition) is 1. The summed E-state index contributed by atoms with van der Waals surface area (Å²) < 4.78 is 1.12. The zero-order valence-corrected chi connectivity index (χ0v) is 10.1. The third-order valence-corrected chi connectivity index (χ3v) is 3.83. The molecule has 0 atom stereocenters. The van der Waals surface area contributed by atoms with E-state index < -0.39 is 0 Å². The number of benzene rings is 1. The highest BCUT2D eigenvalue weighted by atomic mass is 79.9. The number of thiophene rings is 1. The Bertz CT molecular complexity index is 579. The van der Waals surface area contributed by atoms with Crippen LogP contribution in [-0.2, 0) is 0 Å². The number of halogens is 1. The molecular weight excluding hydrogens is 272 g/mol. The second-order valence-electron chi connectivity index (χ2n) is 3.21. The van der Waals surface area contributed by atoms with Crippen LogP contribution in [0.4, 0.5) is 0 Å². The minimum atomic E-state index is 0.937. The number of nitrogens with zero attached hydrogens (tertiary/aromatic N) is 1. The first kappa shape index (κ1) is 9.12. The molecule has 1 aromatic carbocycles. The van der Waals surface area contributed by atoms with Crippen LogP contribution in [0.2, 0.25) is 0 Å². The Morgan fingerprint density at radius 3 is 2.73 bits per heavy atom. The third-order valence-electron chi connectivity index (χ3n) is 2.20. The number of nitrogens with one attached hydrogen (secondary N) is 1.